The molecular formula is C20H27FN6O3S. The average Bonchev–Trinajstić information content (AvgIpc) is 3.08. The van der Waals surface area contributed by atoms with E-state index in [1.807, 2.05) is 6.92 Å². The number of nitrogens with zero attached hydrogens (tertiary/aromatic N) is 5. The number of aromatic nitrogens is 2. The zero-order valence-electron chi connectivity index (χ0n) is 17.8. The van der Waals surface area contributed by atoms with E-state index < -0.39 is 22.3 Å². The number of hydrogen-bond donors (Lipinski definition) is 1. The quantitative estimate of drug-likeness (QED) is 0.747. The van der Waals surface area contributed by atoms with Gasteiger partial charge < -0.3 is 9.80 Å². The van der Waals surface area contributed by atoms with Crippen LogP contribution in [-0.2, 0) is 22.1 Å². The van der Waals surface area contributed by atoms with Crippen LogP contribution in [0.15, 0.2) is 30.5 Å². The van der Waals surface area contributed by atoms with Crippen LogP contribution in [0.1, 0.15) is 23.7 Å². The molecule has 0 spiro atoms. The normalized spacial score (nSPS) is 24.4. The molecule has 2 aliphatic heterocycles. The average molecular weight is 451 g/mol. The number of hydrogen-bond acceptors (Lipinski definition) is 5. The number of halogens is 1. The topological polar surface area (TPSA) is 90.8 Å². The molecule has 4 rings (SSSR count). The number of rotatable bonds is 3. The number of benzene rings is 1. The summed E-state index contributed by atoms with van der Waals surface area (Å²) in [5.74, 6) is -0.482. The van der Waals surface area contributed by atoms with E-state index in [9.17, 15) is 17.6 Å². The Morgan fingerprint density at radius 3 is 2.35 bits per heavy atom. The number of amides is 1. The first-order chi connectivity index (χ1) is 14.7. The van der Waals surface area contributed by atoms with Gasteiger partial charge in [0.2, 0.25) is 5.91 Å². The summed E-state index contributed by atoms with van der Waals surface area (Å²) >= 11 is 0. The molecule has 0 aliphatic carbocycles. The summed E-state index contributed by atoms with van der Waals surface area (Å²) in [7, 11) is -0.570. The first kappa shape index (κ1) is 21.7. The lowest BCUT2D eigenvalue weighted by molar-refractivity contribution is -0.136. The molecule has 1 aromatic heterocycles. The van der Waals surface area contributed by atoms with Crippen LogP contribution in [-0.4, -0.2) is 72.6 Å². The summed E-state index contributed by atoms with van der Waals surface area (Å²) in [5.41, 5.74) is 2.54. The Hall–Kier alpha value is -2.50. The van der Waals surface area contributed by atoms with Gasteiger partial charge in [-0.3, -0.25) is 9.48 Å². The van der Waals surface area contributed by atoms with E-state index in [1.54, 1.807) is 35.0 Å². The highest BCUT2D eigenvalue weighted by Crippen LogP contribution is 2.30. The van der Waals surface area contributed by atoms with Crippen molar-refractivity contribution < 1.29 is 17.6 Å². The van der Waals surface area contributed by atoms with Crippen molar-refractivity contribution in [2.45, 2.75) is 25.4 Å². The molecule has 1 amide bonds. The van der Waals surface area contributed by atoms with Crippen molar-refractivity contribution in [2.24, 2.45) is 7.05 Å². The van der Waals surface area contributed by atoms with Crippen molar-refractivity contribution in [3.63, 3.8) is 0 Å². The van der Waals surface area contributed by atoms with E-state index in [1.165, 1.54) is 19.2 Å². The maximum absolute atomic E-state index is 13.3. The third-order valence-corrected chi connectivity index (χ3v) is 7.88. The Morgan fingerprint density at radius 1 is 1.13 bits per heavy atom. The van der Waals surface area contributed by atoms with Gasteiger partial charge in [0.15, 0.2) is 0 Å². The molecule has 0 bridgehead atoms. The van der Waals surface area contributed by atoms with Gasteiger partial charge in [0.05, 0.1) is 12.2 Å². The second-order valence-corrected chi connectivity index (χ2v) is 9.80. The molecule has 2 atom stereocenters. The third kappa shape index (κ3) is 4.17. The molecule has 2 aromatic rings. The molecule has 31 heavy (non-hydrogen) atoms. The Kier molecular flexibility index (Phi) is 5.75. The summed E-state index contributed by atoms with van der Waals surface area (Å²) in [6, 6.07) is 4.99. The molecule has 3 heterocycles. The van der Waals surface area contributed by atoms with E-state index >= 15 is 0 Å². The molecule has 11 heteroatoms. The molecule has 9 nitrogen and oxygen atoms in total. The number of carbonyl (C=O) groups is 1. The molecule has 2 saturated heterocycles. The van der Waals surface area contributed by atoms with Crippen molar-refractivity contribution in [1.82, 2.24) is 23.7 Å². The second kappa shape index (κ2) is 8.21. The molecule has 2 aliphatic rings. The van der Waals surface area contributed by atoms with E-state index in [0.29, 0.717) is 32.6 Å². The van der Waals surface area contributed by atoms with Gasteiger partial charge in [-0.25, -0.2) is 4.39 Å². The Morgan fingerprint density at radius 2 is 1.77 bits per heavy atom. The molecule has 1 aromatic carbocycles. The van der Waals surface area contributed by atoms with Crippen molar-refractivity contribution >= 4 is 21.8 Å². The van der Waals surface area contributed by atoms with Gasteiger partial charge in [0.25, 0.3) is 10.2 Å². The van der Waals surface area contributed by atoms with Crippen LogP contribution in [0.2, 0.25) is 0 Å². The Balaban J connectivity index is 1.48. The minimum absolute atomic E-state index is 0.196. The van der Waals surface area contributed by atoms with Crippen LogP contribution in [0, 0.1) is 12.7 Å². The first-order valence-electron chi connectivity index (χ1n) is 10.2. The SMILES string of the molecule is Cc1c([C@@H]2C[C@H](C(=O)N3CCN(c4ccc(F)cc4)CC3)N(C)S(=O)(=O)N2)cnn1C. The molecule has 168 valence electrons. The second-order valence-electron chi connectivity index (χ2n) is 8.04. The fraction of sp³-hybridized carbons (Fsp3) is 0.500. The Bertz CT molecular complexity index is 1060. The van der Waals surface area contributed by atoms with Crippen LogP contribution in [0.3, 0.4) is 0 Å². The van der Waals surface area contributed by atoms with Crippen LogP contribution < -0.4 is 9.62 Å². The lowest BCUT2D eigenvalue weighted by Crippen LogP contribution is -2.60. The minimum Gasteiger partial charge on any atom is -0.368 e. The zero-order valence-corrected chi connectivity index (χ0v) is 18.6. The first-order valence-corrected chi connectivity index (χ1v) is 11.6. The number of aryl methyl sites for hydroxylation is 1. The van der Waals surface area contributed by atoms with Gasteiger partial charge in [-0.2, -0.15) is 22.5 Å². The molecule has 0 saturated carbocycles. The predicted octanol–water partition coefficient (Wildman–Crippen LogP) is 0.796. The highest BCUT2D eigenvalue weighted by atomic mass is 32.2. The third-order valence-electron chi connectivity index (χ3n) is 6.28. The lowest BCUT2D eigenvalue weighted by atomic mass is 9.99. The van der Waals surface area contributed by atoms with Crippen molar-refractivity contribution in [3.8, 4) is 0 Å². The van der Waals surface area contributed by atoms with Crippen LogP contribution in [0.4, 0.5) is 10.1 Å². The fourth-order valence-electron chi connectivity index (χ4n) is 4.20. The van der Waals surface area contributed by atoms with E-state index in [-0.39, 0.29) is 11.7 Å². The molecule has 0 unspecified atom stereocenters. The smallest absolute Gasteiger partial charge is 0.280 e. The summed E-state index contributed by atoms with van der Waals surface area (Å²) < 4.78 is 44.1. The number of nitrogens with one attached hydrogen (secondary N) is 1. The summed E-state index contributed by atoms with van der Waals surface area (Å²) in [5, 5.41) is 4.20. The van der Waals surface area contributed by atoms with Gasteiger partial charge in [0.1, 0.15) is 11.9 Å². The van der Waals surface area contributed by atoms with Crippen LogP contribution in [0.25, 0.3) is 0 Å². The van der Waals surface area contributed by atoms with Crippen molar-refractivity contribution in [3.05, 3.63) is 47.5 Å². The largest absolute Gasteiger partial charge is 0.368 e. The Labute approximate surface area is 181 Å². The number of anilines is 1. The van der Waals surface area contributed by atoms with Gasteiger partial charge >= 0.3 is 0 Å². The van der Waals surface area contributed by atoms with Gasteiger partial charge in [-0.15, -0.1) is 0 Å². The number of carbonyl (C=O) groups excluding carboxylic acids is 1. The number of likely N-dealkylation sites (N-methyl/N-ethyl adjacent to an activating group) is 1. The molecule has 1 N–H and O–H groups in total. The van der Waals surface area contributed by atoms with Crippen LogP contribution >= 0.6 is 0 Å². The van der Waals surface area contributed by atoms with E-state index in [4.69, 9.17) is 0 Å². The van der Waals surface area contributed by atoms with Crippen molar-refractivity contribution in [1.29, 1.82) is 0 Å². The fourth-order valence-corrected chi connectivity index (χ4v) is 5.46. The monoisotopic (exact) mass is 450 g/mol. The minimum atomic E-state index is -3.80. The van der Waals surface area contributed by atoms with Gasteiger partial charge in [-0.1, -0.05) is 0 Å². The molecule has 2 fully saturated rings. The van der Waals surface area contributed by atoms with Gasteiger partial charge in [0, 0.05) is 57.2 Å². The molecule has 0 radical (unpaired) electrons. The maximum Gasteiger partial charge on any atom is 0.280 e. The number of piperazine rings is 1. The zero-order chi connectivity index (χ0) is 22.3. The highest BCUT2D eigenvalue weighted by Gasteiger charge is 2.43. The van der Waals surface area contributed by atoms with Crippen molar-refractivity contribution in [2.75, 3.05) is 38.1 Å². The highest BCUT2D eigenvalue weighted by molar-refractivity contribution is 7.87. The summed E-state index contributed by atoms with van der Waals surface area (Å²) in [6.45, 7) is 4.03. The summed E-state index contributed by atoms with van der Waals surface area (Å²) in [4.78, 5) is 17.1. The lowest BCUT2D eigenvalue weighted by Gasteiger charge is -2.41. The van der Waals surface area contributed by atoms with Gasteiger partial charge in [-0.05, 0) is 37.6 Å². The van der Waals surface area contributed by atoms with E-state index in [0.717, 1.165) is 21.2 Å². The predicted molar refractivity (Wildman–Crippen MR) is 114 cm³/mol. The summed E-state index contributed by atoms with van der Waals surface area (Å²) in [6.07, 6.45) is 1.98. The standard InChI is InChI=1S/C20H27FN6O3S/c1-14-17(13-22-24(14)2)18-12-19(25(3)31(29,30)23-18)20(28)27-10-8-26(9-11-27)16-6-4-15(21)5-7-16/h4-7,13,18-19,23H,8-12H2,1-3H3/t18-,19+/m0/s1. The molecular weight excluding hydrogens is 423 g/mol. The maximum atomic E-state index is 13.3. The van der Waals surface area contributed by atoms with E-state index in [2.05, 4.69) is 14.7 Å². The van der Waals surface area contributed by atoms with Crippen LogP contribution in [0.5, 0.6) is 0 Å².